The molecule has 1 rings (SSSR count). The molecule has 1 aliphatic rings. The van der Waals surface area contributed by atoms with Gasteiger partial charge in [0.2, 0.25) is 0 Å². The minimum absolute atomic E-state index is 0.403. The first kappa shape index (κ1) is 27.8. The lowest BCUT2D eigenvalue weighted by Crippen LogP contribution is -2.81. The standard InChI is InChI=1S/C6H2F11N.C3H3F3.CH3FO/c7-1-18-5(14,15)3(10,11)2(8,9)4(12,13)6(18,16)17;4-1-3(6)2-5;1-3-2/h1H2;1H,2H2;1H3/b;3-1-;. The van der Waals surface area contributed by atoms with Gasteiger partial charge in [-0.25, -0.2) is 17.6 Å². The van der Waals surface area contributed by atoms with Crippen LogP contribution in [0.3, 0.4) is 0 Å². The normalized spacial score (nSPS) is 24.8. The zero-order valence-electron chi connectivity index (χ0n) is 12.5. The number of alkyl halides is 12. The zero-order valence-corrected chi connectivity index (χ0v) is 12.5. The number of rotatable bonds is 2. The summed E-state index contributed by atoms with van der Waals surface area (Å²) in [7, 11) is 0.958. The Hall–Kier alpha value is -1.39. The fourth-order valence-corrected chi connectivity index (χ4v) is 1.27. The van der Waals surface area contributed by atoms with E-state index in [4.69, 9.17) is 0 Å². The van der Waals surface area contributed by atoms with Crippen LogP contribution in [0.1, 0.15) is 0 Å². The Morgan fingerprint density at radius 1 is 0.815 bits per heavy atom. The fraction of sp³-hybridized carbons (Fsp3) is 0.800. The third-order valence-electron chi connectivity index (χ3n) is 2.59. The maximum Gasteiger partial charge on any atom is 0.393 e. The highest BCUT2D eigenvalue weighted by Crippen LogP contribution is 2.64. The van der Waals surface area contributed by atoms with Crippen molar-refractivity contribution in [3.63, 3.8) is 0 Å². The van der Waals surface area contributed by atoms with Gasteiger partial charge in [0.05, 0.1) is 7.11 Å². The molecule has 0 amide bonds. The summed E-state index contributed by atoms with van der Waals surface area (Å²) in [5.41, 5.74) is 0. The largest absolute Gasteiger partial charge is 0.393 e. The summed E-state index contributed by atoms with van der Waals surface area (Å²) in [5.74, 6) is -22.2. The first-order valence-electron chi connectivity index (χ1n) is 5.80. The number of halogens is 15. The van der Waals surface area contributed by atoms with Gasteiger partial charge in [-0.3, -0.25) is 0 Å². The highest BCUT2D eigenvalue weighted by Gasteiger charge is 2.95. The average Bonchev–Trinajstić information content (AvgIpc) is 2.53. The molecule has 27 heavy (non-hydrogen) atoms. The van der Waals surface area contributed by atoms with Crippen molar-refractivity contribution in [2.24, 2.45) is 0 Å². The molecule has 17 heteroatoms. The van der Waals surface area contributed by atoms with Crippen LogP contribution in [0.5, 0.6) is 0 Å². The Kier molecular flexibility index (Phi) is 9.48. The predicted molar refractivity (Wildman–Crippen MR) is 56.9 cm³/mol. The van der Waals surface area contributed by atoms with Gasteiger partial charge in [-0.1, -0.05) is 0 Å². The molecule has 1 fully saturated rings. The van der Waals surface area contributed by atoms with Gasteiger partial charge in [0.15, 0.2) is 12.6 Å². The lowest BCUT2D eigenvalue weighted by atomic mass is 9.94. The molecule has 164 valence electrons. The molecule has 0 bridgehead atoms. The van der Waals surface area contributed by atoms with E-state index >= 15 is 0 Å². The molecule has 0 spiro atoms. The van der Waals surface area contributed by atoms with Crippen molar-refractivity contribution in [1.82, 2.24) is 4.90 Å². The summed E-state index contributed by atoms with van der Waals surface area (Å²) in [6, 6.07) is -13.0. The van der Waals surface area contributed by atoms with Crippen molar-refractivity contribution in [2.75, 3.05) is 20.6 Å². The molecule has 0 aromatic carbocycles. The second-order valence-electron chi connectivity index (χ2n) is 4.20. The van der Waals surface area contributed by atoms with Crippen molar-refractivity contribution in [3.05, 3.63) is 12.2 Å². The van der Waals surface area contributed by atoms with Crippen molar-refractivity contribution in [2.45, 2.75) is 29.9 Å². The van der Waals surface area contributed by atoms with Gasteiger partial charge in [-0.2, -0.15) is 48.8 Å². The smallest absolute Gasteiger partial charge is 0.243 e. The van der Waals surface area contributed by atoms with Gasteiger partial charge in [0.25, 0.3) is 0 Å². The molecular formula is C10H8F15NO. The number of likely N-dealkylation sites (tertiary alicyclic amines) is 1. The summed E-state index contributed by atoms with van der Waals surface area (Å²) >= 11 is 0. The molecule has 0 radical (unpaired) electrons. The van der Waals surface area contributed by atoms with Gasteiger partial charge in [-0.15, -0.1) is 4.90 Å². The number of piperidine rings is 1. The van der Waals surface area contributed by atoms with Crippen LogP contribution in [0.2, 0.25) is 0 Å². The van der Waals surface area contributed by atoms with Crippen molar-refractivity contribution >= 4 is 0 Å². The van der Waals surface area contributed by atoms with E-state index in [2.05, 4.69) is 4.94 Å². The summed E-state index contributed by atoms with van der Waals surface area (Å²) in [6.07, 6.45) is -0.403. The lowest BCUT2D eigenvalue weighted by Gasteiger charge is -2.50. The van der Waals surface area contributed by atoms with Crippen LogP contribution in [0.15, 0.2) is 12.2 Å². The summed E-state index contributed by atoms with van der Waals surface area (Å²) in [5, 5.41) is 0. The first-order chi connectivity index (χ1) is 11.9. The molecule has 0 aromatic rings. The van der Waals surface area contributed by atoms with Gasteiger partial charge < -0.3 is 0 Å². The van der Waals surface area contributed by atoms with E-state index in [-0.39, 0.29) is 0 Å². The van der Waals surface area contributed by atoms with Crippen LogP contribution >= 0.6 is 0 Å². The second kappa shape index (κ2) is 9.20. The molecule has 0 aliphatic carbocycles. The molecule has 0 N–H and O–H groups in total. The topological polar surface area (TPSA) is 12.5 Å². The van der Waals surface area contributed by atoms with E-state index in [1.807, 2.05) is 0 Å². The van der Waals surface area contributed by atoms with E-state index in [0.29, 0.717) is 0 Å². The molecule has 1 aliphatic heterocycles. The van der Waals surface area contributed by atoms with Crippen molar-refractivity contribution in [1.29, 1.82) is 0 Å². The van der Waals surface area contributed by atoms with Gasteiger partial charge in [-0.05, 0) is 4.53 Å². The zero-order chi connectivity index (χ0) is 22.5. The number of allylic oxidation sites excluding steroid dienone is 1. The molecule has 0 saturated carbocycles. The molecule has 0 aromatic heterocycles. The highest BCUT2D eigenvalue weighted by molar-refractivity contribution is 5.13. The van der Waals surface area contributed by atoms with Gasteiger partial charge in [0.1, 0.15) is 13.0 Å². The van der Waals surface area contributed by atoms with Crippen LogP contribution in [0.25, 0.3) is 0 Å². The molecule has 2 nitrogen and oxygen atoms in total. The van der Waals surface area contributed by atoms with Crippen LogP contribution in [-0.4, -0.2) is 55.3 Å². The lowest BCUT2D eigenvalue weighted by molar-refractivity contribution is -0.509. The maximum absolute atomic E-state index is 12.6. The minimum atomic E-state index is -7.06. The number of hydrogen-bond acceptors (Lipinski definition) is 2. The van der Waals surface area contributed by atoms with E-state index in [0.717, 1.165) is 7.11 Å². The Balaban J connectivity index is 0. The summed E-state index contributed by atoms with van der Waals surface area (Å²) in [4.78, 5) is 0.150. The average molecular weight is 443 g/mol. The van der Waals surface area contributed by atoms with Gasteiger partial charge >= 0.3 is 29.9 Å². The number of nitrogens with zero attached hydrogens (tertiary/aromatic N) is 1. The third-order valence-corrected chi connectivity index (χ3v) is 2.59. The van der Waals surface area contributed by atoms with Crippen molar-refractivity contribution in [3.8, 4) is 0 Å². The Morgan fingerprint density at radius 3 is 1.26 bits per heavy atom. The predicted octanol–water partition coefficient (Wildman–Crippen LogP) is 5.57. The number of hydrogen-bond donors (Lipinski definition) is 0. The fourth-order valence-electron chi connectivity index (χ4n) is 1.27. The minimum Gasteiger partial charge on any atom is -0.243 e. The van der Waals surface area contributed by atoms with Crippen LogP contribution < -0.4 is 0 Å². The monoisotopic (exact) mass is 443 g/mol. The van der Waals surface area contributed by atoms with Gasteiger partial charge in [0, 0.05) is 0 Å². The molecule has 0 atom stereocenters. The Labute approximate surface area is 140 Å². The quantitative estimate of drug-likeness (QED) is 0.409. The summed E-state index contributed by atoms with van der Waals surface area (Å²) < 4.78 is 179. The molecule has 1 heterocycles. The second-order valence-corrected chi connectivity index (χ2v) is 4.20. The summed E-state index contributed by atoms with van der Waals surface area (Å²) in [6.45, 7) is -4.53. The van der Waals surface area contributed by atoms with E-state index in [1.165, 1.54) is 0 Å². The highest BCUT2D eigenvalue weighted by atomic mass is 19.4. The van der Waals surface area contributed by atoms with E-state index in [9.17, 15) is 66.0 Å². The molecule has 0 unspecified atom stereocenters. The SMILES string of the molecule is COF.F/C=C(\F)CF.FCN1C(F)(F)C(F)(F)C(F)(F)C(F)(F)C1(F)F. The Morgan fingerprint density at radius 2 is 1.11 bits per heavy atom. The molecule has 1 saturated heterocycles. The first-order valence-corrected chi connectivity index (χ1v) is 5.80. The van der Waals surface area contributed by atoms with E-state index in [1.54, 1.807) is 0 Å². The van der Waals surface area contributed by atoms with Crippen LogP contribution in [-0.2, 0) is 4.94 Å². The van der Waals surface area contributed by atoms with Crippen LogP contribution in [0, 0.1) is 0 Å². The van der Waals surface area contributed by atoms with Crippen LogP contribution in [0.4, 0.5) is 66.0 Å². The Bertz CT molecular complexity index is 461. The maximum atomic E-state index is 12.6. The van der Waals surface area contributed by atoms with E-state index < -0.39 is 60.4 Å². The van der Waals surface area contributed by atoms with Crippen molar-refractivity contribution < 1.29 is 70.9 Å². The third kappa shape index (κ3) is 4.55. The molecular weight excluding hydrogens is 435 g/mol.